The number of ether oxygens (including phenoxy) is 3. The number of amides is 1. The van der Waals surface area contributed by atoms with Gasteiger partial charge in [0.2, 0.25) is 0 Å². The van der Waals surface area contributed by atoms with Crippen molar-refractivity contribution < 1.29 is 23.5 Å². The largest absolute Gasteiger partial charge is 0.485 e. The van der Waals surface area contributed by atoms with E-state index < -0.39 is 5.60 Å². The molecular formula is C25H31ClN2O5. The van der Waals surface area contributed by atoms with Crippen LogP contribution in [0.5, 0.6) is 11.6 Å². The van der Waals surface area contributed by atoms with E-state index in [0.29, 0.717) is 46.3 Å². The maximum Gasteiger partial charge on any atom is 0.262 e. The smallest absolute Gasteiger partial charge is 0.262 e. The average Bonchev–Trinajstić information content (AvgIpc) is 3.20. The molecule has 7 nitrogen and oxygen atoms in total. The first-order valence-corrected chi connectivity index (χ1v) is 11.4. The lowest BCUT2D eigenvalue weighted by molar-refractivity contribution is -0.0431. The first-order valence-electron chi connectivity index (χ1n) is 11.0. The van der Waals surface area contributed by atoms with Gasteiger partial charge in [-0.3, -0.25) is 4.79 Å². The summed E-state index contributed by atoms with van der Waals surface area (Å²) < 4.78 is 23.1. The topological polar surface area (TPSA) is 74.0 Å². The van der Waals surface area contributed by atoms with Gasteiger partial charge >= 0.3 is 0 Å². The van der Waals surface area contributed by atoms with Gasteiger partial charge in [-0.05, 0) is 70.1 Å². The summed E-state index contributed by atoms with van der Waals surface area (Å²) in [6.45, 7) is 11.2. The van der Waals surface area contributed by atoms with Gasteiger partial charge in [-0.1, -0.05) is 11.6 Å². The zero-order valence-corrected chi connectivity index (χ0v) is 20.7. The van der Waals surface area contributed by atoms with Crippen LogP contribution < -0.4 is 9.47 Å². The van der Waals surface area contributed by atoms with Gasteiger partial charge in [-0.25, -0.2) is 0 Å². The average molecular weight is 475 g/mol. The van der Waals surface area contributed by atoms with Crippen molar-refractivity contribution in [3.05, 3.63) is 52.5 Å². The fourth-order valence-electron chi connectivity index (χ4n) is 3.41. The summed E-state index contributed by atoms with van der Waals surface area (Å²) >= 11 is 6.03. The first kappa shape index (κ1) is 24.9. The second-order valence-corrected chi connectivity index (χ2v) is 8.74. The molecule has 0 unspecified atom stereocenters. The van der Waals surface area contributed by atoms with Crippen LogP contribution in [-0.4, -0.2) is 47.9 Å². The minimum Gasteiger partial charge on any atom is -0.485 e. The van der Waals surface area contributed by atoms with Gasteiger partial charge in [0.1, 0.15) is 18.0 Å². The normalized spacial score (nSPS) is 12.6. The Morgan fingerprint density at radius 2 is 1.91 bits per heavy atom. The first-order chi connectivity index (χ1) is 15.7. The lowest BCUT2D eigenvalue weighted by Gasteiger charge is -2.32. The van der Waals surface area contributed by atoms with Crippen molar-refractivity contribution in [1.82, 2.24) is 10.1 Å². The van der Waals surface area contributed by atoms with Crippen molar-refractivity contribution in [2.75, 3.05) is 20.2 Å². The molecule has 0 fully saturated rings. The van der Waals surface area contributed by atoms with E-state index in [-0.39, 0.29) is 18.6 Å². The second kappa shape index (κ2) is 10.4. The molecule has 1 heterocycles. The molecule has 0 aliphatic rings. The number of carbonyl (C=O) groups is 1. The van der Waals surface area contributed by atoms with Crippen molar-refractivity contribution in [2.24, 2.45) is 0 Å². The van der Waals surface area contributed by atoms with Gasteiger partial charge in [0.05, 0.1) is 11.5 Å². The van der Waals surface area contributed by atoms with E-state index in [9.17, 15) is 4.79 Å². The summed E-state index contributed by atoms with van der Waals surface area (Å²) in [5, 5.41) is 5.28. The van der Waals surface area contributed by atoms with Crippen LogP contribution >= 0.6 is 11.6 Å². The maximum absolute atomic E-state index is 12.9. The molecule has 3 aromatic rings. The van der Waals surface area contributed by atoms with Gasteiger partial charge in [-0.2, -0.15) is 0 Å². The van der Waals surface area contributed by atoms with Crippen LogP contribution in [-0.2, 0) is 11.3 Å². The lowest BCUT2D eigenvalue weighted by Crippen LogP contribution is -2.41. The molecule has 3 rings (SSSR count). The quantitative estimate of drug-likeness (QED) is 0.373. The number of halogens is 1. The number of rotatable bonds is 10. The zero-order chi connectivity index (χ0) is 24.2. The summed E-state index contributed by atoms with van der Waals surface area (Å²) in [4.78, 5) is 14.7. The molecule has 33 heavy (non-hydrogen) atoms. The Morgan fingerprint density at radius 1 is 1.18 bits per heavy atom. The Bertz CT molecular complexity index is 1110. The number of benzene rings is 2. The van der Waals surface area contributed by atoms with Gasteiger partial charge in [-0.15, -0.1) is 0 Å². The van der Waals surface area contributed by atoms with Crippen molar-refractivity contribution >= 4 is 28.5 Å². The highest BCUT2D eigenvalue weighted by Gasteiger charge is 2.29. The second-order valence-electron chi connectivity index (χ2n) is 8.30. The van der Waals surface area contributed by atoms with Crippen molar-refractivity contribution in [3.8, 4) is 11.6 Å². The Labute approximate surface area is 199 Å². The molecule has 8 heteroatoms. The molecular weight excluding hydrogens is 444 g/mol. The highest BCUT2D eigenvalue weighted by atomic mass is 35.5. The summed E-state index contributed by atoms with van der Waals surface area (Å²) in [5.74, 6) is 0.910. The summed E-state index contributed by atoms with van der Waals surface area (Å²) in [7, 11) is 1.65. The molecule has 0 N–H and O–H groups in total. The highest BCUT2D eigenvalue weighted by molar-refractivity contribution is 6.31. The Balaban J connectivity index is 1.93. The van der Waals surface area contributed by atoms with E-state index in [2.05, 4.69) is 5.16 Å². The van der Waals surface area contributed by atoms with Crippen molar-refractivity contribution in [2.45, 2.75) is 52.9 Å². The molecule has 1 atom stereocenters. The van der Waals surface area contributed by atoms with Crippen LogP contribution in [0, 0.1) is 0 Å². The molecule has 0 radical (unpaired) electrons. The lowest BCUT2D eigenvalue weighted by atomic mass is 10.0. The molecule has 0 aliphatic heterocycles. The maximum atomic E-state index is 12.9. The fraction of sp³-hybridized carbons (Fsp3) is 0.440. The van der Waals surface area contributed by atoms with Crippen LogP contribution in [0.2, 0.25) is 5.02 Å². The summed E-state index contributed by atoms with van der Waals surface area (Å²) in [6.07, 6.45) is -0.160. The third-order valence-corrected chi connectivity index (χ3v) is 6.06. The third-order valence-electron chi connectivity index (χ3n) is 5.83. The number of hydrogen-bond donors (Lipinski definition) is 0. The summed E-state index contributed by atoms with van der Waals surface area (Å²) in [6, 6.07) is 10.6. The zero-order valence-electron chi connectivity index (χ0n) is 20.0. The van der Waals surface area contributed by atoms with Crippen LogP contribution in [0.4, 0.5) is 0 Å². The van der Waals surface area contributed by atoms with E-state index in [0.717, 1.165) is 5.56 Å². The monoisotopic (exact) mass is 474 g/mol. The van der Waals surface area contributed by atoms with Crippen molar-refractivity contribution in [3.63, 3.8) is 0 Å². The van der Waals surface area contributed by atoms with Crippen LogP contribution in [0.15, 0.2) is 40.9 Å². The third kappa shape index (κ3) is 5.60. The number of hydrogen-bond acceptors (Lipinski definition) is 6. The molecule has 0 spiro atoms. The van der Waals surface area contributed by atoms with E-state index in [1.54, 1.807) is 42.3 Å². The fourth-order valence-corrected chi connectivity index (χ4v) is 3.57. The number of fused-ring (bicyclic) bond motifs is 1. The number of carbonyl (C=O) groups excluding carboxylic acids is 1. The number of nitrogens with zero attached hydrogens (tertiary/aromatic N) is 2. The van der Waals surface area contributed by atoms with Crippen molar-refractivity contribution in [1.29, 1.82) is 0 Å². The number of methoxy groups -OCH3 is 1. The van der Waals surface area contributed by atoms with Crippen LogP contribution in [0.1, 0.15) is 50.5 Å². The minimum absolute atomic E-state index is 0.0427. The van der Waals surface area contributed by atoms with Gasteiger partial charge < -0.3 is 23.6 Å². The Kier molecular flexibility index (Phi) is 7.87. The predicted molar refractivity (Wildman–Crippen MR) is 128 cm³/mol. The van der Waals surface area contributed by atoms with Gasteiger partial charge in [0.25, 0.3) is 11.8 Å². The predicted octanol–water partition coefficient (Wildman–Crippen LogP) is 5.73. The molecule has 0 saturated heterocycles. The minimum atomic E-state index is -0.606. The van der Waals surface area contributed by atoms with E-state index in [4.69, 9.17) is 30.3 Å². The highest BCUT2D eigenvalue weighted by Crippen LogP contribution is 2.31. The SMILES string of the molecule is CCN(CC)C(=O)c1ccc(OC(C)(C)[C@H](C)OC)c(COc2noc3cc(Cl)ccc23)c1. The number of aromatic nitrogens is 1. The van der Waals surface area contributed by atoms with Crippen LogP contribution in [0.25, 0.3) is 11.0 Å². The van der Waals surface area contributed by atoms with E-state index in [1.165, 1.54) is 0 Å². The van der Waals surface area contributed by atoms with E-state index in [1.807, 2.05) is 40.7 Å². The molecule has 2 aromatic carbocycles. The summed E-state index contributed by atoms with van der Waals surface area (Å²) in [5.41, 5.74) is 1.22. The molecule has 178 valence electrons. The van der Waals surface area contributed by atoms with Crippen LogP contribution in [0.3, 0.4) is 0 Å². The van der Waals surface area contributed by atoms with E-state index >= 15 is 0 Å². The molecule has 0 aliphatic carbocycles. The Hall–Kier alpha value is -2.77. The molecule has 1 amide bonds. The Morgan fingerprint density at radius 3 is 2.58 bits per heavy atom. The molecule has 0 bridgehead atoms. The van der Waals surface area contributed by atoms with Gasteiger partial charge in [0, 0.05) is 42.4 Å². The molecule has 1 aromatic heterocycles. The van der Waals surface area contributed by atoms with Gasteiger partial charge in [0.15, 0.2) is 5.58 Å². The molecule has 0 saturated carbocycles. The standard InChI is InChI=1S/C25H31ClN2O5/c1-7-28(8-2)24(29)17-9-12-21(32-25(4,5)16(3)30-6)18(13-17)15-31-23-20-11-10-19(26)14-22(20)33-27-23/h9-14,16H,7-8,15H2,1-6H3/t16-/m0/s1.